The predicted molar refractivity (Wildman–Crippen MR) is 88.4 cm³/mol. The van der Waals surface area contributed by atoms with Crippen molar-refractivity contribution in [1.82, 2.24) is 9.55 Å². The molecule has 0 bridgehead atoms. The van der Waals surface area contributed by atoms with Gasteiger partial charge in [-0.25, -0.2) is 9.37 Å². The molecule has 1 saturated carbocycles. The van der Waals surface area contributed by atoms with Gasteiger partial charge in [0, 0.05) is 17.8 Å². The van der Waals surface area contributed by atoms with Crippen LogP contribution < -0.4 is 0 Å². The maximum Gasteiger partial charge on any atom is 0.140 e. The smallest absolute Gasteiger partial charge is 0.140 e. The van der Waals surface area contributed by atoms with Gasteiger partial charge in [0.05, 0.1) is 5.69 Å². The van der Waals surface area contributed by atoms with Gasteiger partial charge in [0.15, 0.2) is 0 Å². The minimum absolute atomic E-state index is 0.192. The zero-order valence-corrected chi connectivity index (χ0v) is 13.8. The van der Waals surface area contributed by atoms with Gasteiger partial charge in [0.2, 0.25) is 0 Å². The highest BCUT2D eigenvalue weighted by Gasteiger charge is 2.20. The predicted octanol–water partition coefficient (Wildman–Crippen LogP) is 5.19. The molecular weight excluding hydrogens is 275 g/mol. The molecule has 1 aromatic carbocycles. The van der Waals surface area contributed by atoms with Crippen LogP contribution in [0.1, 0.15) is 49.1 Å². The maximum atomic E-state index is 13.7. The molecule has 0 spiro atoms. The summed E-state index contributed by atoms with van der Waals surface area (Å²) in [5, 5.41) is 0. The SMILES string of the molecule is Cc1ccc(F)cc1-c1nc(C)c(C)n1CC1CCCCC1. The standard InChI is InChI=1S/C19H25FN2/c1-13-9-10-17(20)11-18(13)19-21-14(2)15(3)22(19)12-16-7-5-4-6-8-16/h9-11,16H,4-8,12H2,1-3H3. The van der Waals surface area contributed by atoms with Crippen LogP contribution in [0.5, 0.6) is 0 Å². The Bertz CT molecular complexity index is 666. The first-order chi connectivity index (χ1) is 10.6. The van der Waals surface area contributed by atoms with Gasteiger partial charge in [-0.2, -0.15) is 0 Å². The van der Waals surface area contributed by atoms with Crippen molar-refractivity contribution in [3.05, 3.63) is 41.0 Å². The highest BCUT2D eigenvalue weighted by Crippen LogP contribution is 2.30. The molecular formula is C19H25FN2. The Morgan fingerprint density at radius 1 is 1.14 bits per heavy atom. The zero-order valence-electron chi connectivity index (χ0n) is 13.8. The highest BCUT2D eigenvalue weighted by molar-refractivity contribution is 5.61. The molecule has 2 aromatic rings. The van der Waals surface area contributed by atoms with Crippen LogP contribution >= 0.6 is 0 Å². The lowest BCUT2D eigenvalue weighted by Crippen LogP contribution is -2.16. The van der Waals surface area contributed by atoms with E-state index in [1.54, 1.807) is 6.07 Å². The fourth-order valence-corrected chi connectivity index (χ4v) is 3.55. The lowest BCUT2D eigenvalue weighted by Gasteiger charge is -2.24. The van der Waals surface area contributed by atoms with Gasteiger partial charge in [0.1, 0.15) is 11.6 Å². The van der Waals surface area contributed by atoms with E-state index in [2.05, 4.69) is 11.5 Å². The normalized spacial score (nSPS) is 16.2. The number of benzene rings is 1. The summed E-state index contributed by atoms with van der Waals surface area (Å²) in [6.45, 7) is 7.21. The van der Waals surface area contributed by atoms with E-state index in [-0.39, 0.29) is 5.82 Å². The molecule has 1 heterocycles. The number of hydrogen-bond donors (Lipinski definition) is 0. The first-order valence-electron chi connectivity index (χ1n) is 8.36. The van der Waals surface area contributed by atoms with Crippen molar-refractivity contribution in [2.24, 2.45) is 5.92 Å². The summed E-state index contributed by atoms with van der Waals surface area (Å²) >= 11 is 0. The number of halogens is 1. The molecule has 0 atom stereocenters. The third kappa shape index (κ3) is 2.94. The summed E-state index contributed by atoms with van der Waals surface area (Å²) in [7, 11) is 0. The molecule has 0 saturated heterocycles. The van der Waals surface area contributed by atoms with Gasteiger partial charge in [-0.1, -0.05) is 25.3 Å². The lowest BCUT2D eigenvalue weighted by molar-refractivity contribution is 0.318. The van der Waals surface area contributed by atoms with E-state index in [1.165, 1.54) is 43.9 Å². The van der Waals surface area contributed by atoms with Crippen molar-refractivity contribution >= 4 is 0 Å². The summed E-state index contributed by atoms with van der Waals surface area (Å²) in [6.07, 6.45) is 6.65. The second-order valence-electron chi connectivity index (χ2n) is 6.68. The van der Waals surface area contributed by atoms with Crippen LogP contribution in [0.3, 0.4) is 0 Å². The van der Waals surface area contributed by atoms with Crippen LogP contribution in [-0.2, 0) is 6.54 Å². The average Bonchev–Trinajstić information content (AvgIpc) is 2.79. The average molecular weight is 300 g/mol. The van der Waals surface area contributed by atoms with Crippen LogP contribution in [0.15, 0.2) is 18.2 Å². The van der Waals surface area contributed by atoms with Crippen molar-refractivity contribution in [2.45, 2.75) is 59.4 Å². The topological polar surface area (TPSA) is 17.8 Å². The van der Waals surface area contributed by atoms with Crippen molar-refractivity contribution < 1.29 is 4.39 Å². The molecule has 0 aliphatic heterocycles. The van der Waals surface area contributed by atoms with E-state index in [4.69, 9.17) is 4.98 Å². The van der Waals surface area contributed by atoms with Crippen LogP contribution in [0, 0.1) is 32.5 Å². The minimum Gasteiger partial charge on any atom is -0.328 e. The fraction of sp³-hybridized carbons (Fsp3) is 0.526. The summed E-state index contributed by atoms with van der Waals surface area (Å²) in [5.74, 6) is 1.47. The maximum absolute atomic E-state index is 13.7. The zero-order chi connectivity index (χ0) is 15.7. The number of nitrogens with zero attached hydrogens (tertiary/aromatic N) is 2. The van der Waals surface area contributed by atoms with E-state index >= 15 is 0 Å². The van der Waals surface area contributed by atoms with Crippen molar-refractivity contribution in [2.75, 3.05) is 0 Å². The highest BCUT2D eigenvalue weighted by atomic mass is 19.1. The Morgan fingerprint density at radius 3 is 2.59 bits per heavy atom. The summed E-state index contributed by atoms with van der Waals surface area (Å²) in [4.78, 5) is 4.74. The number of rotatable bonds is 3. The second-order valence-corrected chi connectivity index (χ2v) is 6.68. The molecule has 22 heavy (non-hydrogen) atoms. The number of aryl methyl sites for hydroxylation is 2. The van der Waals surface area contributed by atoms with Gasteiger partial charge < -0.3 is 4.57 Å². The molecule has 1 aliphatic carbocycles. The first kappa shape index (κ1) is 15.3. The van der Waals surface area contributed by atoms with Gasteiger partial charge in [-0.3, -0.25) is 0 Å². The fourth-order valence-electron chi connectivity index (χ4n) is 3.55. The molecule has 2 nitrogen and oxygen atoms in total. The van der Waals surface area contributed by atoms with E-state index in [9.17, 15) is 4.39 Å². The molecule has 118 valence electrons. The largest absolute Gasteiger partial charge is 0.328 e. The van der Waals surface area contributed by atoms with Crippen LogP contribution in [0.25, 0.3) is 11.4 Å². The third-order valence-corrected chi connectivity index (χ3v) is 5.06. The van der Waals surface area contributed by atoms with E-state index in [1.807, 2.05) is 19.9 Å². The quantitative estimate of drug-likeness (QED) is 0.762. The molecule has 3 rings (SSSR count). The number of hydrogen-bond acceptors (Lipinski definition) is 1. The van der Waals surface area contributed by atoms with Crippen LogP contribution in [-0.4, -0.2) is 9.55 Å². The van der Waals surface area contributed by atoms with E-state index in [0.717, 1.165) is 35.1 Å². The van der Waals surface area contributed by atoms with E-state index in [0.29, 0.717) is 0 Å². The van der Waals surface area contributed by atoms with Gasteiger partial charge in [-0.05, 0) is 57.2 Å². The number of aromatic nitrogens is 2. The Balaban J connectivity index is 2.00. The van der Waals surface area contributed by atoms with E-state index < -0.39 is 0 Å². The molecule has 0 N–H and O–H groups in total. The van der Waals surface area contributed by atoms with Crippen molar-refractivity contribution in [3.63, 3.8) is 0 Å². The Labute approximate surface area is 132 Å². The molecule has 3 heteroatoms. The molecule has 0 radical (unpaired) electrons. The molecule has 1 aliphatic rings. The monoisotopic (exact) mass is 300 g/mol. The minimum atomic E-state index is -0.192. The molecule has 1 fully saturated rings. The Hall–Kier alpha value is -1.64. The summed E-state index contributed by atoms with van der Waals surface area (Å²) in [6, 6.07) is 4.98. The van der Waals surface area contributed by atoms with Gasteiger partial charge in [-0.15, -0.1) is 0 Å². The summed E-state index contributed by atoms with van der Waals surface area (Å²) in [5.41, 5.74) is 4.27. The summed E-state index contributed by atoms with van der Waals surface area (Å²) < 4.78 is 16.0. The van der Waals surface area contributed by atoms with Crippen molar-refractivity contribution in [3.8, 4) is 11.4 Å². The molecule has 0 amide bonds. The first-order valence-corrected chi connectivity index (χ1v) is 8.36. The molecule has 0 unspecified atom stereocenters. The van der Waals surface area contributed by atoms with Gasteiger partial charge in [0.25, 0.3) is 0 Å². The Morgan fingerprint density at radius 2 is 1.86 bits per heavy atom. The third-order valence-electron chi connectivity index (χ3n) is 5.06. The van der Waals surface area contributed by atoms with Crippen LogP contribution in [0.4, 0.5) is 4.39 Å². The van der Waals surface area contributed by atoms with Gasteiger partial charge >= 0.3 is 0 Å². The Kier molecular flexibility index (Phi) is 4.32. The lowest BCUT2D eigenvalue weighted by atomic mass is 9.89. The van der Waals surface area contributed by atoms with Crippen molar-refractivity contribution in [1.29, 1.82) is 0 Å². The second kappa shape index (κ2) is 6.23. The number of imidazole rings is 1. The molecule has 1 aromatic heterocycles. The van der Waals surface area contributed by atoms with Crippen LogP contribution in [0.2, 0.25) is 0 Å².